The highest BCUT2D eigenvalue weighted by atomic mass is 16.5. The number of carbonyl (C=O) groups excluding carboxylic acids is 1. The summed E-state index contributed by atoms with van der Waals surface area (Å²) >= 11 is 0. The number of nitrogens with one attached hydrogen (secondary N) is 1. The fraction of sp³-hybridized carbons (Fsp3) is 0.444. The second kappa shape index (κ2) is 7.97. The van der Waals surface area contributed by atoms with Gasteiger partial charge in [0.05, 0.1) is 12.9 Å². The Morgan fingerprint density at radius 3 is 2.79 bits per heavy atom. The molecule has 1 fully saturated rings. The fourth-order valence-corrected chi connectivity index (χ4v) is 2.64. The van der Waals surface area contributed by atoms with Crippen LogP contribution in [0.1, 0.15) is 25.8 Å². The quantitative estimate of drug-likeness (QED) is 0.885. The summed E-state index contributed by atoms with van der Waals surface area (Å²) < 4.78 is 12.9. The van der Waals surface area contributed by atoms with Crippen molar-refractivity contribution in [1.29, 1.82) is 0 Å². The van der Waals surface area contributed by atoms with Crippen LogP contribution in [0.5, 0.6) is 5.75 Å². The highest BCUT2D eigenvalue weighted by Gasteiger charge is 2.15. The molecule has 1 aromatic carbocycles. The number of imidazole rings is 1. The summed E-state index contributed by atoms with van der Waals surface area (Å²) in [5, 5.41) is 2.90. The first-order valence-electron chi connectivity index (χ1n) is 8.31. The van der Waals surface area contributed by atoms with Crippen LogP contribution in [0.4, 0.5) is 5.69 Å². The molecule has 1 aliphatic heterocycles. The van der Waals surface area contributed by atoms with Crippen molar-refractivity contribution in [3.63, 3.8) is 0 Å². The summed E-state index contributed by atoms with van der Waals surface area (Å²) in [5.41, 5.74) is 0.755. The first kappa shape index (κ1) is 16.5. The van der Waals surface area contributed by atoms with Crippen LogP contribution in [0.3, 0.4) is 0 Å². The van der Waals surface area contributed by atoms with Crippen LogP contribution in [-0.2, 0) is 9.53 Å². The van der Waals surface area contributed by atoms with Gasteiger partial charge in [-0.05, 0) is 49.9 Å². The summed E-state index contributed by atoms with van der Waals surface area (Å²) in [5.74, 6) is 1.31. The molecular weight excluding hydrogens is 306 g/mol. The third-order valence-corrected chi connectivity index (χ3v) is 4.30. The molecule has 0 bridgehead atoms. The summed E-state index contributed by atoms with van der Waals surface area (Å²) in [4.78, 5) is 16.2. The Morgan fingerprint density at radius 1 is 1.38 bits per heavy atom. The lowest BCUT2D eigenvalue weighted by Crippen LogP contribution is -2.23. The molecule has 1 N–H and O–H groups in total. The van der Waals surface area contributed by atoms with Gasteiger partial charge < -0.3 is 19.4 Å². The van der Waals surface area contributed by atoms with Gasteiger partial charge >= 0.3 is 0 Å². The van der Waals surface area contributed by atoms with E-state index in [4.69, 9.17) is 9.47 Å². The molecule has 128 valence electrons. The Balaban J connectivity index is 1.49. The molecule has 0 radical (unpaired) electrons. The normalized spacial score (nSPS) is 16.5. The molecule has 1 atom stereocenters. The lowest BCUT2D eigenvalue weighted by Gasteiger charge is -2.22. The Morgan fingerprint density at radius 2 is 2.12 bits per heavy atom. The molecule has 1 amide bonds. The molecule has 6 heteroatoms. The zero-order valence-electron chi connectivity index (χ0n) is 13.9. The van der Waals surface area contributed by atoms with Crippen LogP contribution in [0.25, 0.3) is 0 Å². The van der Waals surface area contributed by atoms with E-state index in [9.17, 15) is 4.79 Å². The van der Waals surface area contributed by atoms with Gasteiger partial charge in [-0.1, -0.05) is 0 Å². The number of nitrogens with zero attached hydrogens (tertiary/aromatic N) is 2. The Hall–Kier alpha value is -2.34. The largest absolute Gasteiger partial charge is 0.493 e. The van der Waals surface area contributed by atoms with Gasteiger partial charge in [0.2, 0.25) is 5.91 Å². The molecule has 3 rings (SSSR count). The third-order valence-electron chi connectivity index (χ3n) is 4.30. The molecule has 6 nitrogen and oxygen atoms in total. The van der Waals surface area contributed by atoms with Crippen molar-refractivity contribution in [3.05, 3.63) is 43.0 Å². The van der Waals surface area contributed by atoms with Crippen molar-refractivity contribution in [2.75, 3.05) is 25.1 Å². The van der Waals surface area contributed by atoms with E-state index in [-0.39, 0.29) is 11.9 Å². The topological polar surface area (TPSA) is 65.4 Å². The molecule has 2 heterocycles. The number of hydrogen-bond donors (Lipinski definition) is 1. The van der Waals surface area contributed by atoms with Crippen molar-refractivity contribution in [3.8, 4) is 5.75 Å². The van der Waals surface area contributed by atoms with E-state index in [0.29, 0.717) is 12.5 Å². The average molecular weight is 329 g/mol. The van der Waals surface area contributed by atoms with E-state index in [2.05, 4.69) is 10.3 Å². The number of carbonyl (C=O) groups is 1. The number of aromatic nitrogens is 2. The number of ether oxygens (including phenoxy) is 2. The molecule has 1 aliphatic rings. The minimum absolute atomic E-state index is 0.0797. The minimum Gasteiger partial charge on any atom is -0.493 e. The van der Waals surface area contributed by atoms with Crippen LogP contribution in [0, 0.1) is 5.92 Å². The van der Waals surface area contributed by atoms with Crippen LogP contribution in [0.15, 0.2) is 43.0 Å². The maximum atomic E-state index is 12.2. The van der Waals surface area contributed by atoms with Crippen molar-refractivity contribution < 1.29 is 14.3 Å². The first-order chi connectivity index (χ1) is 11.7. The molecule has 0 aliphatic carbocycles. The maximum absolute atomic E-state index is 12.2. The highest BCUT2D eigenvalue weighted by molar-refractivity contribution is 5.93. The van der Waals surface area contributed by atoms with Crippen LogP contribution in [-0.4, -0.2) is 35.3 Å². The van der Waals surface area contributed by atoms with Crippen LogP contribution >= 0.6 is 0 Å². The lowest BCUT2D eigenvalue weighted by molar-refractivity contribution is -0.118. The lowest BCUT2D eigenvalue weighted by atomic mass is 10.0. The molecule has 24 heavy (non-hydrogen) atoms. The molecule has 0 spiro atoms. The maximum Gasteiger partial charge on any atom is 0.247 e. The average Bonchev–Trinajstić information content (AvgIpc) is 3.16. The van der Waals surface area contributed by atoms with Gasteiger partial charge in [-0.15, -0.1) is 0 Å². The summed E-state index contributed by atoms with van der Waals surface area (Å²) in [6, 6.07) is 7.18. The summed E-state index contributed by atoms with van der Waals surface area (Å²) in [6.45, 7) is 4.21. The number of amides is 1. The van der Waals surface area contributed by atoms with Crippen LogP contribution in [0.2, 0.25) is 0 Å². The van der Waals surface area contributed by atoms with E-state index in [0.717, 1.165) is 37.5 Å². The highest BCUT2D eigenvalue weighted by Crippen LogP contribution is 2.20. The van der Waals surface area contributed by atoms with Gasteiger partial charge in [0.15, 0.2) is 0 Å². The predicted molar refractivity (Wildman–Crippen MR) is 91.0 cm³/mol. The van der Waals surface area contributed by atoms with E-state index in [1.54, 1.807) is 23.3 Å². The number of hydrogen-bond acceptors (Lipinski definition) is 4. The van der Waals surface area contributed by atoms with E-state index >= 15 is 0 Å². The summed E-state index contributed by atoms with van der Waals surface area (Å²) in [7, 11) is 0. The van der Waals surface area contributed by atoms with E-state index in [1.165, 1.54) is 0 Å². The predicted octanol–water partition coefficient (Wildman–Crippen LogP) is 2.89. The summed E-state index contributed by atoms with van der Waals surface area (Å²) in [6.07, 6.45) is 7.18. The SMILES string of the molecule is C[C@H](C(=O)Nc1ccc(OCC2CCOCC2)cc1)n1ccnc1. The van der Waals surface area contributed by atoms with Gasteiger partial charge in [-0.25, -0.2) is 4.98 Å². The molecule has 2 aromatic rings. The Kier molecular flexibility index (Phi) is 5.48. The van der Waals surface area contributed by atoms with Gasteiger partial charge in [0.1, 0.15) is 11.8 Å². The zero-order valence-corrected chi connectivity index (χ0v) is 13.9. The molecule has 0 unspecified atom stereocenters. The van der Waals surface area contributed by atoms with Gasteiger partial charge in [-0.2, -0.15) is 0 Å². The second-order valence-electron chi connectivity index (χ2n) is 6.07. The third kappa shape index (κ3) is 4.35. The smallest absolute Gasteiger partial charge is 0.247 e. The van der Waals surface area contributed by atoms with Crippen molar-refractivity contribution >= 4 is 11.6 Å². The first-order valence-corrected chi connectivity index (χ1v) is 8.31. The van der Waals surface area contributed by atoms with Gasteiger partial charge in [0, 0.05) is 31.3 Å². The molecule has 1 saturated heterocycles. The van der Waals surface area contributed by atoms with Crippen molar-refractivity contribution in [2.24, 2.45) is 5.92 Å². The number of benzene rings is 1. The van der Waals surface area contributed by atoms with Gasteiger partial charge in [-0.3, -0.25) is 4.79 Å². The molecule has 1 aromatic heterocycles. The zero-order chi connectivity index (χ0) is 16.8. The Bertz CT molecular complexity index is 634. The standard InChI is InChI=1S/C18H23N3O3/c1-14(21-9-8-19-13-21)18(22)20-16-2-4-17(5-3-16)24-12-15-6-10-23-11-7-15/h2-5,8-9,13-15H,6-7,10-12H2,1H3,(H,20,22)/t14-/m1/s1. The minimum atomic E-state index is -0.308. The van der Waals surface area contributed by atoms with Gasteiger partial charge in [0.25, 0.3) is 0 Å². The van der Waals surface area contributed by atoms with Crippen molar-refractivity contribution in [1.82, 2.24) is 9.55 Å². The van der Waals surface area contributed by atoms with E-state index in [1.807, 2.05) is 31.2 Å². The molecule has 0 saturated carbocycles. The monoisotopic (exact) mass is 329 g/mol. The van der Waals surface area contributed by atoms with Crippen molar-refractivity contribution in [2.45, 2.75) is 25.8 Å². The number of rotatable bonds is 6. The second-order valence-corrected chi connectivity index (χ2v) is 6.07. The molecular formula is C18H23N3O3. The van der Waals surface area contributed by atoms with E-state index < -0.39 is 0 Å². The Labute approximate surface area is 141 Å². The number of anilines is 1. The fourth-order valence-electron chi connectivity index (χ4n) is 2.64. The van der Waals surface area contributed by atoms with Crippen LogP contribution < -0.4 is 10.1 Å².